The molecule has 1 aliphatic rings. The van der Waals surface area contributed by atoms with Gasteiger partial charge < -0.3 is 19.9 Å². The van der Waals surface area contributed by atoms with Gasteiger partial charge in [0.15, 0.2) is 12.3 Å². The molecule has 2 N–H and O–H groups in total. The van der Waals surface area contributed by atoms with Crippen molar-refractivity contribution in [3.05, 3.63) is 58.8 Å². The van der Waals surface area contributed by atoms with E-state index >= 15 is 0 Å². The van der Waals surface area contributed by atoms with Crippen molar-refractivity contribution in [2.24, 2.45) is 0 Å². The SMILES string of the molecule is C=C(CCNC(=O)COc1ccc(Cl)c(F)c1)NC(=O)c1cc(C2CC2)on1. The van der Waals surface area contributed by atoms with Crippen LogP contribution in [-0.4, -0.2) is 30.1 Å². The van der Waals surface area contributed by atoms with Crippen LogP contribution in [0.5, 0.6) is 5.75 Å². The Morgan fingerprint density at radius 2 is 2.14 bits per heavy atom. The van der Waals surface area contributed by atoms with Gasteiger partial charge in [-0.25, -0.2) is 4.39 Å². The third kappa shape index (κ3) is 5.56. The molecule has 3 rings (SSSR count). The highest BCUT2D eigenvalue weighted by molar-refractivity contribution is 6.30. The molecule has 9 heteroatoms. The highest BCUT2D eigenvalue weighted by atomic mass is 35.5. The summed E-state index contributed by atoms with van der Waals surface area (Å²) in [6, 6.07) is 5.55. The molecular weight excluding hydrogens is 389 g/mol. The molecule has 0 saturated heterocycles. The molecule has 1 aromatic carbocycles. The Hall–Kier alpha value is -2.87. The molecule has 1 aliphatic carbocycles. The van der Waals surface area contributed by atoms with E-state index in [-0.39, 0.29) is 35.5 Å². The Kier molecular flexibility index (Phi) is 6.30. The van der Waals surface area contributed by atoms with Crippen molar-refractivity contribution in [2.45, 2.75) is 25.2 Å². The van der Waals surface area contributed by atoms with Crippen molar-refractivity contribution in [3.8, 4) is 5.75 Å². The van der Waals surface area contributed by atoms with Crippen LogP contribution in [0.3, 0.4) is 0 Å². The zero-order chi connectivity index (χ0) is 20.1. The summed E-state index contributed by atoms with van der Waals surface area (Å²) in [5.41, 5.74) is 0.637. The van der Waals surface area contributed by atoms with E-state index in [4.69, 9.17) is 20.9 Å². The number of hydrogen-bond donors (Lipinski definition) is 2. The molecule has 7 nitrogen and oxygen atoms in total. The predicted molar refractivity (Wildman–Crippen MR) is 99.6 cm³/mol. The number of benzene rings is 1. The monoisotopic (exact) mass is 407 g/mol. The largest absolute Gasteiger partial charge is 0.484 e. The summed E-state index contributed by atoms with van der Waals surface area (Å²) in [7, 11) is 0. The fourth-order valence-electron chi connectivity index (χ4n) is 2.36. The van der Waals surface area contributed by atoms with Crippen molar-refractivity contribution in [2.75, 3.05) is 13.2 Å². The molecule has 0 unspecified atom stereocenters. The molecule has 1 saturated carbocycles. The number of carbonyl (C=O) groups is 2. The maximum absolute atomic E-state index is 13.3. The van der Waals surface area contributed by atoms with Gasteiger partial charge in [0.1, 0.15) is 17.3 Å². The molecule has 148 valence electrons. The maximum atomic E-state index is 13.3. The molecular formula is C19H19ClFN3O4. The Bertz CT molecular complexity index is 895. The molecule has 0 spiro atoms. The van der Waals surface area contributed by atoms with E-state index < -0.39 is 11.7 Å². The third-order valence-corrected chi connectivity index (χ3v) is 4.35. The van der Waals surface area contributed by atoms with Crippen LogP contribution in [0, 0.1) is 5.82 Å². The van der Waals surface area contributed by atoms with Gasteiger partial charge >= 0.3 is 0 Å². The Morgan fingerprint density at radius 1 is 1.36 bits per heavy atom. The van der Waals surface area contributed by atoms with Gasteiger partial charge in [-0.3, -0.25) is 9.59 Å². The van der Waals surface area contributed by atoms with E-state index in [2.05, 4.69) is 22.4 Å². The maximum Gasteiger partial charge on any atom is 0.277 e. The number of aromatic nitrogens is 1. The van der Waals surface area contributed by atoms with Gasteiger partial charge in [0.05, 0.1) is 5.02 Å². The van der Waals surface area contributed by atoms with Crippen molar-refractivity contribution < 1.29 is 23.2 Å². The lowest BCUT2D eigenvalue weighted by atomic mass is 10.2. The minimum atomic E-state index is -0.622. The van der Waals surface area contributed by atoms with Gasteiger partial charge in [-0.2, -0.15) is 0 Å². The van der Waals surface area contributed by atoms with Crippen molar-refractivity contribution in [3.63, 3.8) is 0 Å². The van der Waals surface area contributed by atoms with Crippen LogP contribution in [-0.2, 0) is 4.79 Å². The third-order valence-electron chi connectivity index (χ3n) is 4.04. The number of nitrogens with one attached hydrogen (secondary N) is 2. The normalized spacial score (nSPS) is 13.1. The second-order valence-electron chi connectivity index (χ2n) is 6.41. The molecule has 2 amide bonds. The molecule has 0 radical (unpaired) electrons. The zero-order valence-corrected chi connectivity index (χ0v) is 15.7. The molecule has 0 bridgehead atoms. The number of ether oxygens (including phenoxy) is 1. The number of rotatable bonds is 9. The summed E-state index contributed by atoms with van der Waals surface area (Å²) in [4.78, 5) is 23.8. The van der Waals surface area contributed by atoms with E-state index in [0.29, 0.717) is 18.0 Å². The molecule has 0 aliphatic heterocycles. The Morgan fingerprint density at radius 3 is 2.86 bits per heavy atom. The lowest BCUT2D eigenvalue weighted by Gasteiger charge is -2.09. The van der Waals surface area contributed by atoms with Crippen LogP contribution < -0.4 is 15.4 Å². The van der Waals surface area contributed by atoms with Crippen molar-refractivity contribution in [1.82, 2.24) is 15.8 Å². The highest BCUT2D eigenvalue weighted by Crippen LogP contribution is 2.40. The summed E-state index contributed by atoms with van der Waals surface area (Å²) in [5.74, 6) is -0.113. The van der Waals surface area contributed by atoms with E-state index in [9.17, 15) is 14.0 Å². The summed E-state index contributed by atoms with van der Waals surface area (Å²) in [5, 5.41) is 8.97. The predicted octanol–water partition coefficient (Wildman–Crippen LogP) is 3.17. The summed E-state index contributed by atoms with van der Waals surface area (Å²) in [6.45, 7) is 3.73. The van der Waals surface area contributed by atoms with E-state index in [1.54, 1.807) is 6.07 Å². The first-order valence-corrected chi connectivity index (χ1v) is 9.10. The molecule has 28 heavy (non-hydrogen) atoms. The number of carbonyl (C=O) groups excluding carboxylic acids is 2. The molecule has 1 aromatic heterocycles. The highest BCUT2D eigenvalue weighted by Gasteiger charge is 2.28. The molecule has 1 fully saturated rings. The van der Waals surface area contributed by atoms with Crippen LogP contribution in [0.25, 0.3) is 0 Å². The van der Waals surface area contributed by atoms with Gasteiger partial charge in [-0.1, -0.05) is 23.3 Å². The van der Waals surface area contributed by atoms with Gasteiger partial charge in [-0.15, -0.1) is 0 Å². The smallest absolute Gasteiger partial charge is 0.277 e. The number of halogens is 2. The van der Waals surface area contributed by atoms with E-state index in [1.165, 1.54) is 12.1 Å². The summed E-state index contributed by atoms with van der Waals surface area (Å²) < 4.78 is 23.6. The first-order chi connectivity index (χ1) is 13.4. The van der Waals surface area contributed by atoms with Gasteiger partial charge in [-0.05, 0) is 25.0 Å². The van der Waals surface area contributed by atoms with Crippen molar-refractivity contribution in [1.29, 1.82) is 0 Å². The van der Waals surface area contributed by atoms with Crippen LogP contribution in [0.1, 0.15) is 41.4 Å². The second kappa shape index (κ2) is 8.88. The fraction of sp³-hybridized carbons (Fsp3) is 0.316. The van der Waals surface area contributed by atoms with Gasteiger partial charge in [0.2, 0.25) is 0 Å². The average Bonchev–Trinajstić information content (AvgIpc) is 3.39. The lowest BCUT2D eigenvalue weighted by Crippen LogP contribution is -2.31. The molecule has 0 atom stereocenters. The lowest BCUT2D eigenvalue weighted by molar-refractivity contribution is -0.123. The summed E-state index contributed by atoms with van der Waals surface area (Å²) >= 11 is 5.58. The second-order valence-corrected chi connectivity index (χ2v) is 6.82. The topological polar surface area (TPSA) is 93.5 Å². The van der Waals surface area contributed by atoms with Crippen molar-refractivity contribution >= 4 is 23.4 Å². The standard InChI is InChI=1S/C19H19ClFN3O4/c1-11(23-19(26)16-9-17(28-24-16)12-2-3-12)6-7-22-18(25)10-27-13-4-5-14(20)15(21)8-13/h4-5,8-9,12H,1-3,6-7,10H2,(H,22,25)(H,23,26). The van der Waals surface area contributed by atoms with Gasteiger partial charge in [0, 0.05) is 36.7 Å². The number of hydrogen-bond acceptors (Lipinski definition) is 5. The average molecular weight is 408 g/mol. The number of nitrogens with zero attached hydrogens (tertiary/aromatic N) is 1. The van der Waals surface area contributed by atoms with Crippen LogP contribution in [0.15, 0.2) is 41.1 Å². The number of amides is 2. The first-order valence-electron chi connectivity index (χ1n) is 8.72. The molecule has 1 heterocycles. The van der Waals surface area contributed by atoms with E-state index in [0.717, 1.165) is 24.7 Å². The van der Waals surface area contributed by atoms with E-state index in [1.807, 2.05) is 0 Å². The first kappa shape index (κ1) is 19.9. The minimum Gasteiger partial charge on any atom is -0.484 e. The quantitative estimate of drug-likeness (QED) is 0.666. The minimum absolute atomic E-state index is 0.0215. The zero-order valence-electron chi connectivity index (χ0n) is 15.0. The van der Waals surface area contributed by atoms with Crippen LogP contribution in [0.2, 0.25) is 5.02 Å². The molecule has 2 aromatic rings. The summed E-state index contributed by atoms with van der Waals surface area (Å²) in [6.07, 6.45) is 2.44. The van der Waals surface area contributed by atoms with Crippen LogP contribution in [0.4, 0.5) is 4.39 Å². The Labute approximate surface area is 165 Å². The van der Waals surface area contributed by atoms with Gasteiger partial charge in [0.25, 0.3) is 11.8 Å². The fourth-order valence-corrected chi connectivity index (χ4v) is 2.48. The Balaban J connectivity index is 1.34. The van der Waals surface area contributed by atoms with Crippen LogP contribution >= 0.6 is 11.6 Å².